The molecule has 0 aliphatic carbocycles. The van der Waals surface area contributed by atoms with Gasteiger partial charge in [-0.3, -0.25) is 4.79 Å². The van der Waals surface area contributed by atoms with Crippen LogP contribution in [-0.2, 0) is 22.6 Å². The van der Waals surface area contributed by atoms with Crippen LogP contribution in [0.3, 0.4) is 0 Å². The first kappa shape index (κ1) is 22.8. The molecule has 33 heavy (non-hydrogen) atoms. The Morgan fingerprint density at radius 1 is 0.909 bits per heavy atom. The Morgan fingerprint density at radius 2 is 1.52 bits per heavy atom. The number of benzene rings is 3. The monoisotopic (exact) mass is 479 g/mol. The molecule has 0 fully saturated rings. The van der Waals surface area contributed by atoms with E-state index in [0.717, 1.165) is 21.2 Å². The summed E-state index contributed by atoms with van der Waals surface area (Å²) in [6.45, 7) is 0.456. The summed E-state index contributed by atoms with van der Waals surface area (Å²) in [5.41, 5.74) is 1.99. The summed E-state index contributed by atoms with van der Waals surface area (Å²) in [7, 11) is 1.58. The topological polar surface area (TPSA) is 55.8 Å². The number of halogens is 1. The number of nitrogens with zero attached hydrogens (tertiary/aromatic N) is 1. The SMILES string of the molecule is COc1ccc2c(Cl)c(C(=O)OCC(=O)N(Cc3ccccc3)Cc3ccccc3)sc2c1. The summed E-state index contributed by atoms with van der Waals surface area (Å²) in [6.07, 6.45) is 0. The molecule has 0 saturated carbocycles. The maximum Gasteiger partial charge on any atom is 0.350 e. The number of methoxy groups -OCH3 is 1. The third-order valence-corrected chi connectivity index (χ3v) is 6.77. The van der Waals surface area contributed by atoms with E-state index in [2.05, 4.69) is 0 Å². The molecule has 0 spiro atoms. The average Bonchev–Trinajstić information content (AvgIpc) is 3.19. The Hall–Kier alpha value is -3.35. The number of ether oxygens (including phenoxy) is 2. The van der Waals surface area contributed by atoms with Crippen molar-refractivity contribution in [3.05, 3.63) is 99.9 Å². The summed E-state index contributed by atoms with van der Waals surface area (Å²) < 4.78 is 11.4. The van der Waals surface area contributed by atoms with Crippen molar-refractivity contribution in [3.8, 4) is 5.75 Å². The van der Waals surface area contributed by atoms with Crippen LogP contribution < -0.4 is 4.74 Å². The van der Waals surface area contributed by atoms with Gasteiger partial charge >= 0.3 is 5.97 Å². The largest absolute Gasteiger partial charge is 0.497 e. The zero-order chi connectivity index (χ0) is 23.2. The molecule has 168 valence electrons. The molecule has 1 amide bonds. The summed E-state index contributed by atoms with van der Waals surface area (Å²) in [4.78, 5) is 27.7. The molecule has 0 aliphatic heterocycles. The third kappa shape index (κ3) is 5.53. The lowest BCUT2D eigenvalue weighted by molar-refractivity contribution is -0.135. The van der Waals surface area contributed by atoms with Crippen LogP contribution in [0.1, 0.15) is 20.8 Å². The Balaban J connectivity index is 1.47. The standard InChI is InChI=1S/C26H22ClNO4S/c1-31-20-12-13-21-22(14-20)33-25(24(21)27)26(30)32-17-23(29)28(15-18-8-4-2-5-9-18)16-19-10-6-3-7-11-19/h2-14H,15-17H2,1H3. The second-order valence-corrected chi connectivity index (χ2v) is 8.83. The van der Waals surface area contributed by atoms with Gasteiger partial charge in [0.2, 0.25) is 0 Å². The minimum atomic E-state index is -0.618. The van der Waals surface area contributed by atoms with E-state index in [1.54, 1.807) is 24.1 Å². The number of thiophene rings is 1. The molecule has 0 N–H and O–H groups in total. The van der Waals surface area contributed by atoms with Crippen molar-refractivity contribution in [2.75, 3.05) is 13.7 Å². The Kier molecular flexibility index (Phi) is 7.27. The van der Waals surface area contributed by atoms with Crippen LogP contribution in [0, 0.1) is 0 Å². The van der Waals surface area contributed by atoms with Crippen LogP contribution in [0.15, 0.2) is 78.9 Å². The minimum absolute atomic E-state index is 0.269. The van der Waals surface area contributed by atoms with Gasteiger partial charge in [-0.25, -0.2) is 4.79 Å². The van der Waals surface area contributed by atoms with Gasteiger partial charge in [-0.2, -0.15) is 0 Å². The number of carbonyl (C=O) groups is 2. The van der Waals surface area contributed by atoms with Gasteiger partial charge in [-0.15, -0.1) is 11.3 Å². The fraction of sp³-hybridized carbons (Fsp3) is 0.154. The van der Waals surface area contributed by atoms with Crippen LogP contribution in [0.2, 0.25) is 5.02 Å². The smallest absolute Gasteiger partial charge is 0.350 e. The predicted octanol–water partition coefficient (Wildman–Crippen LogP) is 5.95. The molecule has 0 atom stereocenters. The highest BCUT2D eigenvalue weighted by Crippen LogP contribution is 2.37. The lowest BCUT2D eigenvalue weighted by Crippen LogP contribution is -2.33. The lowest BCUT2D eigenvalue weighted by Gasteiger charge is -2.23. The first-order valence-electron chi connectivity index (χ1n) is 10.3. The van der Waals surface area contributed by atoms with Gasteiger partial charge < -0.3 is 14.4 Å². The molecule has 0 bridgehead atoms. The van der Waals surface area contributed by atoms with Gasteiger partial charge in [0.15, 0.2) is 6.61 Å². The minimum Gasteiger partial charge on any atom is -0.497 e. The van der Waals surface area contributed by atoms with Crippen molar-refractivity contribution in [1.82, 2.24) is 4.90 Å². The molecule has 3 aromatic carbocycles. The number of rotatable bonds is 8. The maximum atomic E-state index is 13.0. The Bertz CT molecular complexity index is 1220. The zero-order valence-electron chi connectivity index (χ0n) is 18.0. The highest BCUT2D eigenvalue weighted by Gasteiger charge is 2.22. The van der Waals surface area contributed by atoms with Crippen LogP contribution in [0.25, 0.3) is 10.1 Å². The van der Waals surface area contributed by atoms with E-state index in [0.29, 0.717) is 23.9 Å². The molecule has 4 rings (SSSR count). The quantitative estimate of drug-likeness (QED) is 0.293. The predicted molar refractivity (Wildman–Crippen MR) is 131 cm³/mol. The first-order chi connectivity index (χ1) is 16.0. The van der Waals surface area contributed by atoms with Crippen molar-refractivity contribution in [1.29, 1.82) is 0 Å². The molecule has 7 heteroatoms. The second kappa shape index (κ2) is 10.5. The summed E-state index contributed by atoms with van der Waals surface area (Å²) in [5, 5.41) is 1.07. The van der Waals surface area contributed by atoms with Crippen molar-refractivity contribution in [2.24, 2.45) is 0 Å². The second-order valence-electron chi connectivity index (χ2n) is 7.40. The van der Waals surface area contributed by atoms with E-state index in [1.165, 1.54) is 11.3 Å². The van der Waals surface area contributed by atoms with E-state index in [9.17, 15) is 9.59 Å². The van der Waals surface area contributed by atoms with E-state index in [1.807, 2.05) is 66.7 Å². The van der Waals surface area contributed by atoms with Gasteiger partial charge in [-0.1, -0.05) is 72.3 Å². The summed E-state index contributed by atoms with van der Waals surface area (Å²) in [5.74, 6) is -0.226. The molecule has 0 aliphatic rings. The highest BCUT2D eigenvalue weighted by molar-refractivity contribution is 7.21. The normalized spacial score (nSPS) is 10.7. The molecular formula is C26H22ClNO4S. The number of fused-ring (bicyclic) bond motifs is 1. The number of hydrogen-bond donors (Lipinski definition) is 0. The van der Waals surface area contributed by atoms with Gasteiger partial charge in [0, 0.05) is 23.2 Å². The highest BCUT2D eigenvalue weighted by atomic mass is 35.5. The summed E-state index contributed by atoms with van der Waals surface area (Å²) >= 11 is 7.63. The third-order valence-electron chi connectivity index (χ3n) is 5.13. The van der Waals surface area contributed by atoms with E-state index in [4.69, 9.17) is 21.1 Å². The first-order valence-corrected chi connectivity index (χ1v) is 11.5. The van der Waals surface area contributed by atoms with Crippen LogP contribution in [0.5, 0.6) is 5.75 Å². The molecule has 1 heterocycles. The zero-order valence-corrected chi connectivity index (χ0v) is 19.6. The number of carbonyl (C=O) groups excluding carboxylic acids is 2. The maximum absolute atomic E-state index is 13.0. The fourth-order valence-corrected chi connectivity index (χ4v) is 4.86. The van der Waals surface area contributed by atoms with Crippen molar-refractivity contribution in [3.63, 3.8) is 0 Å². The van der Waals surface area contributed by atoms with Crippen molar-refractivity contribution < 1.29 is 19.1 Å². The molecule has 0 radical (unpaired) electrons. The van der Waals surface area contributed by atoms with Crippen LogP contribution in [-0.4, -0.2) is 30.5 Å². The molecule has 1 aromatic heterocycles. The molecule has 4 aromatic rings. The van der Waals surface area contributed by atoms with Crippen LogP contribution >= 0.6 is 22.9 Å². The van der Waals surface area contributed by atoms with Gasteiger partial charge in [0.1, 0.15) is 10.6 Å². The summed E-state index contributed by atoms with van der Waals surface area (Å²) in [6, 6.07) is 24.8. The number of hydrogen-bond acceptors (Lipinski definition) is 5. The van der Waals surface area contributed by atoms with Crippen molar-refractivity contribution in [2.45, 2.75) is 13.1 Å². The van der Waals surface area contributed by atoms with Gasteiger partial charge in [0.05, 0.1) is 12.1 Å². The fourth-order valence-electron chi connectivity index (χ4n) is 3.43. The average molecular weight is 480 g/mol. The van der Waals surface area contributed by atoms with E-state index < -0.39 is 5.97 Å². The lowest BCUT2D eigenvalue weighted by atomic mass is 10.1. The van der Waals surface area contributed by atoms with Gasteiger partial charge in [0.25, 0.3) is 5.91 Å². The van der Waals surface area contributed by atoms with Crippen LogP contribution in [0.4, 0.5) is 0 Å². The molecule has 0 saturated heterocycles. The van der Waals surface area contributed by atoms with Crippen molar-refractivity contribution >= 4 is 44.9 Å². The van der Waals surface area contributed by atoms with E-state index in [-0.39, 0.29) is 17.4 Å². The molecule has 5 nitrogen and oxygen atoms in total. The molecular weight excluding hydrogens is 458 g/mol. The van der Waals surface area contributed by atoms with E-state index >= 15 is 0 Å². The van der Waals surface area contributed by atoms with Gasteiger partial charge in [-0.05, 0) is 29.3 Å². The Morgan fingerprint density at radius 3 is 2.09 bits per heavy atom. The number of amides is 1. The Labute approximate surface area is 201 Å². The molecule has 0 unspecified atom stereocenters. The number of esters is 1.